The first kappa shape index (κ1) is 22.8. The van der Waals surface area contributed by atoms with Crippen LogP contribution in [0.25, 0.3) is 11.3 Å². The highest BCUT2D eigenvalue weighted by Gasteiger charge is 2.22. The zero-order valence-electron chi connectivity index (χ0n) is 16.5. The van der Waals surface area contributed by atoms with Crippen molar-refractivity contribution in [2.24, 2.45) is 0 Å². The number of nitrogens with one attached hydrogen (secondary N) is 1. The number of halogens is 1. The third-order valence-electron chi connectivity index (χ3n) is 4.16. The van der Waals surface area contributed by atoms with Gasteiger partial charge in [0.25, 0.3) is 0 Å². The number of thioether (sulfide) groups is 1. The fourth-order valence-corrected chi connectivity index (χ4v) is 5.84. The van der Waals surface area contributed by atoms with Crippen molar-refractivity contribution in [1.82, 2.24) is 9.29 Å². The van der Waals surface area contributed by atoms with E-state index in [1.54, 1.807) is 13.0 Å². The number of aromatic nitrogens is 1. The maximum absolute atomic E-state index is 12.6. The topological polar surface area (TPSA) is 79.4 Å². The Morgan fingerprint density at radius 2 is 1.90 bits per heavy atom. The summed E-state index contributed by atoms with van der Waals surface area (Å²) < 4.78 is 26.7. The van der Waals surface area contributed by atoms with E-state index in [9.17, 15) is 13.2 Å². The van der Waals surface area contributed by atoms with Gasteiger partial charge in [0.1, 0.15) is 4.90 Å². The summed E-state index contributed by atoms with van der Waals surface area (Å²) in [4.78, 5) is 17.2. The molecule has 0 radical (unpaired) electrons. The molecule has 1 N–H and O–H groups in total. The molecule has 3 rings (SSSR count). The van der Waals surface area contributed by atoms with Crippen molar-refractivity contribution < 1.29 is 13.2 Å². The number of hydrogen-bond donors (Lipinski definition) is 1. The van der Waals surface area contributed by atoms with Gasteiger partial charge in [-0.05, 0) is 25.1 Å². The van der Waals surface area contributed by atoms with Crippen LogP contribution in [0.5, 0.6) is 0 Å². The van der Waals surface area contributed by atoms with E-state index in [4.69, 9.17) is 11.6 Å². The summed E-state index contributed by atoms with van der Waals surface area (Å²) in [6.07, 6.45) is 0. The Hall–Kier alpha value is -1.91. The molecule has 0 bridgehead atoms. The molecule has 0 unspecified atom stereocenters. The Balaban J connectivity index is 1.70. The zero-order valence-corrected chi connectivity index (χ0v) is 19.7. The van der Waals surface area contributed by atoms with Crippen LogP contribution in [0.15, 0.2) is 63.1 Å². The first-order valence-corrected chi connectivity index (χ1v) is 12.5. The molecule has 158 valence electrons. The summed E-state index contributed by atoms with van der Waals surface area (Å²) in [6, 6.07) is 14.2. The van der Waals surface area contributed by atoms with Gasteiger partial charge in [-0.1, -0.05) is 53.7 Å². The molecule has 1 amide bonds. The number of sulfonamides is 1. The maximum Gasteiger partial charge on any atom is 0.244 e. The lowest BCUT2D eigenvalue weighted by atomic mass is 10.2. The van der Waals surface area contributed by atoms with E-state index in [-0.39, 0.29) is 15.8 Å². The van der Waals surface area contributed by atoms with Gasteiger partial charge in [-0.25, -0.2) is 17.7 Å². The Morgan fingerprint density at radius 1 is 1.20 bits per heavy atom. The SMILES string of the molecule is C[C@H](Sc1nc(-c2ccccc2)cs1)C(=O)Nc1ccc(Cl)c(S(=O)(=O)N(C)C)c1. The number of carbonyl (C=O) groups excluding carboxylic acids is 1. The summed E-state index contributed by atoms with van der Waals surface area (Å²) >= 11 is 8.88. The van der Waals surface area contributed by atoms with Gasteiger partial charge >= 0.3 is 0 Å². The summed E-state index contributed by atoms with van der Waals surface area (Å²) in [5.41, 5.74) is 2.25. The van der Waals surface area contributed by atoms with Gasteiger partial charge in [-0.15, -0.1) is 11.3 Å². The molecule has 0 aliphatic carbocycles. The first-order chi connectivity index (χ1) is 14.2. The predicted molar refractivity (Wildman–Crippen MR) is 124 cm³/mol. The molecular weight excluding hydrogens is 462 g/mol. The minimum absolute atomic E-state index is 0.0558. The average Bonchev–Trinajstić information content (AvgIpc) is 3.18. The number of thiazole rings is 1. The normalized spacial score (nSPS) is 12.7. The predicted octanol–water partition coefficient (Wildman–Crippen LogP) is 4.83. The van der Waals surface area contributed by atoms with Gasteiger partial charge in [-0.3, -0.25) is 4.79 Å². The van der Waals surface area contributed by atoms with E-state index in [0.29, 0.717) is 5.69 Å². The van der Waals surface area contributed by atoms with Crippen LogP contribution in [-0.2, 0) is 14.8 Å². The Bertz CT molecular complexity index is 1150. The minimum Gasteiger partial charge on any atom is -0.325 e. The van der Waals surface area contributed by atoms with Crippen LogP contribution in [0, 0.1) is 0 Å². The van der Waals surface area contributed by atoms with Crippen molar-refractivity contribution in [2.75, 3.05) is 19.4 Å². The molecule has 1 atom stereocenters. The van der Waals surface area contributed by atoms with Crippen LogP contribution in [0.3, 0.4) is 0 Å². The monoisotopic (exact) mass is 481 g/mol. The van der Waals surface area contributed by atoms with Crippen molar-refractivity contribution >= 4 is 56.3 Å². The largest absolute Gasteiger partial charge is 0.325 e. The summed E-state index contributed by atoms with van der Waals surface area (Å²) in [6.45, 7) is 1.77. The molecule has 0 fully saturated rings. The highest BCUT2D eigenvalue weighted by atomic mass is 35.5. The number of benzene rings is 2. The number of hydrogen-bond acceptors (Lipinski definition) is 6. The van der Waals surface area contributed by atoms with Gasteiger partial charge in [0.2, 0.25) is 15.9 Å². The van der Waals surface area contributed by atoms with Crippen molar-refractivity contribution in [3.05, 3.63) is 58.9 Å². The molecule has 6 nitrogen and oxygen atoms in total. The van der Waals surface area contributed by atoms with E-state index in [2.05, 4.69) is 10.3 Å². The van der Waals surface area contributed by atoms with Crippen molar-refractivity contribution in [3.63, 3.8) is 0 Å². The van der Waals surface area contributed by atoms with Crippen LogP contribution in [0.4, 0.5) is 5.69 Å². The molecule has 30 heavy (non-hydrogen) atoms. The second kappa shape index (κ2) is 9.49. The smallest absolute Gasteiger partial charge is 0.244 e. The van der Waals surface area contributed by atoms with Crippen molar-refractivity contribution in [1.29, 1.82) is 0 Å². The van der Waals surface area contributed by atoms with Gasteiger partial charge in [0, 0.05) is 30.7 Å². The minimum atomic E-state index is -3.72. The molecular formula is C20H20ClN3O3S3. The highest BCUT2D eigenvalue weighted by molar-refractivity contribution is 8.02. The zero-order chi connectivity index (χ0) is 21.9. The lowest BCUT2D eigenvalue weighted by molar-refractivity contribution is -0.115. The summed E-state index contributed by atoms with van der Waals surface area (Å²) in [5, 5.41) is 4.38. The van der Waals surface area contributed by atoms with Crippen LogP contribution >= 0.6 is 34.7 Å². The van der Waals surface area contributed by atoms with E-state index in [1.807, 2.05) is 35.7 Å². The third kappa shape index (κ3) is 5.22. The fourth-order valence-electron chi connectivity index (χ4n) is 2.48. The van der Waals surface area contributed by atoms with Crippen LogP contribution in [0.2, 0.25) is 5.02 Å². The molecule has 0 aliphatic heterocycles. The Kier molecular flexibility index (Phi) is 7.20. The average molecular weight is 482 g/mol. The van der Waals surface area contributed by atoms with Crippen molar-refractivity contribution in [2.45, 2.75) is 21.4 Å². The first-order valence-electron chi connectivity index (χ1n) is 8.89. The van der Waals surface area contributed by atoms with Crippen LogP contribution in [-0.4, -0.2) is 43.0 Å². The lowest BCUT2D eigenvalue weighted by Gasteiger charge is -2.15. The van der Waals surface area contributed by atoms with E-state index < -0.39 is 15.3 Å². The number of amides is 1. The van der Waals surface area contributed by atoms with Gasteiger partial charge in [0.15, 0.2) is 4.34 Å². The summed E-state index contributed by atoms with van der Waals surface area (Å²) in [5.74, 6) is -0.257. The highest BCUT2D eigenvalue weighted by Crippen LogP contribution is 2.32. The number of nitrogens with zero attached hydrogens (tertiary/aromatic N) is 2. The maximum atomic E-state index is 12.6. The molecule has 10 heteroatoms. The fraction of sp³-hybridized carbons (Fsp3) is 0.200. The second-order valence-corrected chi connectivity index (χ2v) is 11.5. The van der Waals surface area contributed by atoms with E-state index in [1.165, 1.54) is 49.3 Å². The second-order valence-electron chi connectivity index (χ2n) is 6.55. The Labute approximate surface area is 189 Å². The quantitative estimate of drug-likeness (QED) is 0.489. The standard InChI is InChI=1S/C20H20ClN3O3S3/c1-13(29-20-23-17(12-28-20)14-7-5-4-6-8-14)19(25)22-15-9-10-16(21)18(11-15)30(26,27)24(2)3/h4-13H,1-3H3,(H,22,25)/t13-/m0/s1. The van der Waals surface area contributed by atoms with E-state index in [0.717, 1.165) is 19.9 Å². The molecule has 3 aromatic rings. The molecule has 2 aromatic carbocycles. The van der Waals surface area contributed by atoms with E-state index >= 15 is 0 Å². The number of carbonyl (C=O) groups is 1. The van der Waals surface area contributed by atoms with Gasteiger partial charge in [0.05, 0.1) is 16.0 Å². The van der Waals surface area contributed by atoms with Crippen LogP contribution in [0.1, 0.15) is 6.92 Å². The molecule has 0 saturated heterocycles. The molecule has 1 heterocycles. The number of anilines is 1. The van der Waals surface area contributed by atoms with Crippen molar-refractivity contribution in [3.8, 4) is 11.3 Å². The van der Waals surface area contributed by atoms with Gasteiger partial charge < -0.3 is 5.32 Å². The molecule has 1 aromatic heterocycles. The third-order valence-corrected chi connectivity index (χ3v) is 8.53. The molecule has 0 aliphatic rings. The summed E-state index contributed by atoms with van der Waals surface area (Å²) in [7, 11) is -0.874. The molecule has 0 spiro atoms. The lowest BCUT2D eigenvalue weighted by Crippen LogP contribution is -2.24. The molecule has 0 saturated carbocycles. The Morgan fingerprint density at radius 3 is 2.57 bits per heavy atom. The number of rotatable bonds is 7. The van der Waals surface area contributed by atoms with Gasteiger partial charge in [-0.2, -0.15) is 0 Å². The van der Waals surface area contributed by atoms with Crippen LogP contribution < -0.4 is 5.32 Å².